The molecule has 17 heavy (non-hydrogen) atoms. The highest BCUT2D eigenvalue weighted by atomic mass is 16.6. The lowest BCUT2D eigenvalue weighted by Crippen LogP contribution is -2.33. The number of amides is 1. The van der Waals surface area contributed by atoms with E-state index in [0.29, 0.717) is 0 Å². The molecular formula is C8H12N4O5. The summed E-state index contributed by atoms with van der Waals surface area (Å²) in [7, 11) is 0. The van der Waals surface area contributed by atoms with Crippen LogP contribution in [0.1, 0.15) is 16.8 Å². The largest absolute Gasteiger partial charge is 0.394 e. The molecule has 4 atom stereocenters. The topological polar surface area (TPSA) is 144 Å². The summed E-state index contributed by atoms with van der Waals surface area (Å²) in [5.41, 5.74) is 4.97. The number of primary amides is 1. The Morgan fingerprint density at radius 2 is 2.24 bits per heavy atom. The predicted octanol–water partition coefficient (Wildman–Crippen LogP) is -3.01. The predicted molar refractivity (Wildman–Crippen MR) is 51.5 cm³/mol. The first kappa shape index (κ1) is 11.9. The van der Waals surface area contributed by atoms with Crippen LogP contribution in [0.4, 0.5) is 0 Å². The second-order valence-electron chi connectivity index (χ2n) is 3.64. The maximum Gasteiger partial charge on any atom is 0.288 e. The van der Waals surface area contributed by atoms with Gasteiger partial charge < -0.3 is 25.8 Å². The number of carbonyl (C=O) groups excluding carboxylic acids is 1. The van der Waals surface area contributed by atoms with E-state index in [9.17, 15) is 15.0 Å². The van der Waals surface area contributed by atoms with Gasteiger partial charge in [0.05, 0.1) is 6.61 Å². The lowest BCUT2D eigenvalue weighted by atomic mass is 10.1. The molecule has 1 aromatic heterocycles. The van der Waals surface area contributed by atoms with Crippen LogP contribution in [-0.4, -0.2) is 60.9 Å². The first-order chi connectivity index (χ1) is 8.04. The van der Waals surface area contributed by atoms with Crippen LogP contribution in [-0.2, 0) is 4.74 Å². The molecule has 0 aromatic carbocycles. The Kier molecular flexibility index (Phi) is 3.07. The first-order valence-electron chi connectivity index (χ1n) is 4.88. The van der Waals surface area contributed by atoms with Crippen molar-refractivity contribution >= 4 is 5.91 Å². The lowest BCUT2D eigenvalue weighted by Gasteiger charge is -2.13. The third-order valence-electron chi connectivity index (χ3n) is 2.51. The molecular weight excluding hydrogens is 232 g/mol. The third kappa shape index (κ3) is 2.00. The van der Waals surface area contributed by atoms with Gasteiger partial charge in [-0.25, -0.2) is 9.67 Å². The molecule has 0 bridgehead atoms. The number of ether oxygens (including phenoxy) is 1. The first-order valence-corrected chi connectivity index (χ1v) is 4.88. The zero-order chi connectivity index (χ0) is 12.6. The number of aliphatic hydroxyl groups excluding tert-OH is 3. The number of hydrogen-bond donors (Lipinski definition) is 4. The molecule has 9 heteroatoms. The number of rotatable bonds is 3. The summed E-state index contributed by atoms with van der Waals surface area (Å²) >= 11 is 0. The second-order valence-corrected chi connectivity index (χ2v) is 3.64. The van der Waals surface area contributed by atoms with Crippen LogP contribution < -0.4 is 5.73 Å². The molecule has 0 unspecified atom stereocenters. The normalized spacial score (nSPS) is 32.9. The Labute approximate surface area is 95.4 Å². The van der Waals surface area contributed by atoms with E-state index >= 15 is 0 Å². The van der Waals surface area contributed by atoms with Crippen LogP contribution in [0.25, 0.3) is 0 Å². The number of aromatic nitrogens is 3. The molecule has 1 fully saturated rings. The van der Waals surface area contributed by atoms with Gasteiger partial charge in [0.15, 0.2) is 6.23 Å². The summed E-state index contributed by atoms with van der Waals surface area (Å²) in [6, 6.07) is 0. The average Bonchev–Trinajstić information content (AvgIpc) is 2.87. The Balaban J connectivity index is 2.19. The summed E-state index contributed by atoms with van der Waals surface area (Å²) in [4.78, 5) is 14.4. The van der Waals surface area contributed by atoms with Crippen molar-refractivity contribution < 1.29 is 24.9 Å². The molecule has 1 aliphatic heterocycles. The van der Waals surface area contributed by atoms with Crippen molar-refractivity contribution in [2.45, 2.75) is 24.5 Å². The molecule has 2 rings (SSSR count). The van der Waals surface area contributed by atoms with Gasteiger partial charge in [0.25, 0.3) is 5.91 Å². The van der Waals surface area contributed by atoms with Gasteiger partial charge in [-0.3, -0.25) is 4.79 Å². The fraction of sp³-hybridized carbons (Fsp3) is 0.625. The van der Waals surface area contributed by atoms with Crippen molar-refractivity contribution in [3.8, 4) is 0 Å². The average molecular weight is 244 g/mol. The molecule has 1 aliphatic rings. The molecule has 1 aromatic rings. The third-order valence-corrected chi connectivity index (χ3v) is 2.51. The highest BCUT2D eigenvalue weighted by Gasteiger charge is 2.43. The molecule has 94 valence electrons. The van der Waals surface area contributed by atoms with E-state index in [1.54, 1.807) is 0 Å². The van der Waals surface area contributed by atoms with Crippen LogP contribution in [0.15, 0.2) is 6.33 Å². The summed E-state index contributed by atoms with van der Waals surface area (Å²) in [6.45, 7) is -0.438. The van der Waals surface area contributed by atoms with Gasteiger partial charge in [-0.15, -0.1) is 5.10 Å². The van der Waals surface area contributed by atoms with Crippen LogP contribution in [0.2, 0.25) is 0 Å². The minimum Gasteiger partial charge on any atom is -0.394 e. The molecule has 1 amide bonds. The zero-order valence-corrected chi connectivity index (χ0v) is 8.67. The van der Waals surface area contributed by atoms with Gasteiger partial charge in [-0.1, -0.05) is 0 Å². The van der Waals surface area contributed by atoms with Crippen molar-refractivity contribution in [3.05, 3.63) is 12.2 Å². The highest BCUT2D eigenvalue weighted by molar-refractivity contribution is 5.88. The number of aliphatic hydroxyl groups is 3. The lowest BCUT2D eigenvalue weighted by molar-refractivity contribution is -0.0588. The van der Waals surface area contributed by atoms with E-state index in [1.165, 1.54) is 0 Å². The van der Waals surface area contributed by atoms with E-state index in [1.807, 2.05) is 0 Å². The van der Waals surface area contributed by atoms with E-state index in [4.69, 9.17) is 15.6 Å². The van der Waals surface area contributed by atoms with Gasteiger partial charge in [0, 0.05) is 0 Å². The minimum atomic E-state index is -1.27. The van der Waals surface area contributed by atoms with Crippen LogP contribution >= 0.6 is 0 Å². The molecule has 5 N–H and O–H groups in total. The Hall–Kier alpha value is -1.55. The Morgan fingerprint density at radius 1 is 1.53 bits per heavy atom. The number of hydrogen-bond acceptors (Lipinski definition) is 7. The Bertz CT molecular complexity index is 422. The van der Waals surface area contributed by atoms with Gasteiger partial charge in [-0.2, -0.15) is 0 Å². The van der Waals surface area contributed by atoms with Gasteiger partial charge >= 0.3 is 0 Å². The summed E-state index contributed by atoms with van der Waals surface area (Å²) in [6.07, 6.45) is -3.26. The molecule has 0 saturated carbocycles. The van der Waals surface area contributed by atoms with Crippen molar-refractivity contribution in [2.24, 2.45) is 5.73 Å². The quantitative estimate of drug-likeness (QED) is 0.443. The fourth-order valence-corrected chi connectivity index (χ4v) is 1.61. The zero-order valence-electron chi connectivity index (χ0n) is 8.67. The fourth-order valence-electron chi connectivity index (χ4n) is 1.61. The van der Waals surface area contributed by atoms with Crippen molar-refractivity contribution in [3.63, 3.8) is 0 Å². The molecule has 0 aliphatic carbocycles. The monoisotopic (exact) mass is 244 g/mol. The molecule has 0 spiro atoms. The summed E-state index contributed by atoms with van der Waals surface area (Å²) in [5.74, 6) is -1.03. The smallest absolute Gasteiger partial charge is 0.288 e. The van der Waals surface area contributed by atoms with Crippen LogP contribution in [0.5, 0.6) is 0 Å². The van der Waals surface area contributed by atoms with Gasteiger partial charge in [0.2, 0.25) is 5.82 Å². The highest BCUT2D eigenvalue weighted by Crippen LogP contribution is 2.28. The summed E-state index contributed by atoms with van der Waals surface area (Å²) in [5, 5.41) is 31.8. The maximum atomic E-state index is 10.8. The van der Waals surface area contributed by atoms with Crippen molar-refractivity contribution in [1.29, 1.82) is 0 Å². The van der Waals surface area contributed by atoms with Crippen LogP contribution in [0.3, 0.4) is 0 Å². The number of nitrogens with two attached hydrogens (primary N) is 1. The Morgan fingerprint density at radius 3 is 2.71 bits per heavy atom. The van der Waals surface area contributed by atoms with E-state index < -0.39 is 37.1 Å². The summed E-state index contributed by atoms with van der Waals surface area (Å²) < 4.78 is 6.25. The standard InChI is InChI=1S/C8H12N4O5/c9-6(16)7-10-2-12(11-7)8-5(15)4(14)3(1-13)17-8/h2-5,8,13-15H,1H2,(H2,9,16)/t3-,4-,5+,8+/m1/s1. The van der Waals surface area contributed by atoms with Crippen LogP contribution in [0, 0.1) is 0 Å². The van der Waals surface area contributed by atoms with E-state index in [-0.39, 0.29) is 5.82 Å². The maximum absolute atomic E-state index is 10.8. The van der Waals surface area contributed by atoms with E-state index in [0.717, 1.165) is 11.0 Å². The SMILES string of the molecule is NC(=O)c1ncn([C@H]2O[C@H](CO)[C@@H](O)[C@@H]2O)n1. The molecule has 1 saturated heterocycles. The molecule has 9 nitrogen and oxygen atoms in total. The molecule has 0 radical (unpaired) electrons. The number of nitrogens with zero attached hydrogens (tertiary/aromatic N) is 3. The number of carbonyl (C=O) groups is 1. The molecule has 2 heterocycles. The van der Waals surface area contributed by atoms with E-state index in [2.05, 4.69) is 10.1 Å². The van der Waals surface area contributed by atoms with Gasteiger partial charge in [0.1, 0.15) is 24.6 Å². The van der Waals surface area contributed by atoms with Gasteiger partial charge in [-0.05, 0) is 0 Å². The minimum absolute atomic E-state index is 0.220. The van der Waals surface area contributed by atoms with Crippen molar-refractivity contribution in [2.75, 3.05) is 6.61 Å². The second kappa shape index (κ2) is 4.37. The van der Waals surface area contributed by atoms with Crippen molar-refractivity contribution in [1.82, 2.24) is 14.8 Å².